The summed E-state index contributed by atoms with van der Waals surface area (Å²) in [7, 11) is 2.05. The van der Waals surface area contributed by atoms with Gasteiger partial charge < -0.3 is 19.3 Å². The number of aliphatic hydroxyl groups excluding tert-OH is 1. The van der Waals surface area contributed by atoms with Crippen LogP contribution in [0.4, 0.5) is 0 Å². The average Bonchev–Trinajstić information content (AvgIpc) is 3.34. The van der Waals surface area contributed by atoms with E-state index >= 15 is 0 Å². The summed E-state index contributed by atoms with van der Waals surface area (Å²) < 4.78 is 5.67. The Morgan fingerprint density at radius 3 is 2.25 bits per heavy atom. The molecule has 2 fully saturated rings. The number of rotatable bonds is 10. The number of aromatic nitrogens is 1. The number of hydrogen-bond acceptors (Lipinski definition) is 8. The predicted octanol–water partition coefficient (Wildman–Crippen LogP) is 1.45. The number of amides is 1. The highest BCUT2D eigenvalue weighted by molar-refractivity contribution is 5.92. The van der Waals surface area contributed by atoms with Gasteiger partial charge in [-0.3, -0.25) is 19.5 Å². The van der Waals surface area contributed by atoms with Crippen LogP contribution >= 0.6 is 0 Å². The third-order valence-corrected chi connectivity index (χ3v) is 7.35. The number of carbonyl (C=O) groups excluding carboxylic acids is 1. The van der Waals surface area contributed by atoms with Gasteiger partial charge in [0.2, 0.25) is 5.89 Å². The van der Waals surface area contributed by atoms with E-state index < -0.39 is 0 Å². The molecule has 36 heavy (non-hydrogen) atoms. The molecule has 1 amide bonds. The number of hydrogen-bond donors (Lipinski definition) is 1. The maximum absolute atomic E-state index is 13.0. The maximum Gasteiger partial charge on any atom is 0.275 e. The van der Waals surface area contributed by atoms with Crippen LogP contribution in [0, 0.1) is 0 Å². The minimum absolute atomic E-state index is 0.0467. The zero-order valence-electron chi connectivity index (χ0n) is 22.1. The van der Waals surface area contributed by atoms with Gasteiger partial charge in [-0.05, 0) is 26.5 Å². The number of benzene rings is 1. The van der Waals surface area contributed by atoms with Gasteiger partial charge in [-0.2, -0.15) is 0 Å². The van der Waals surface area contributed by atoms with Crippen LogP contribution in [0.2, 0.25) is 0 Å². The molecule has 0 saturated carbocycles. The maximum atomic E-state index is 13.0. The Labute approximate surface area is 215 Å². The van der Waals surface area contributed by atoms with Crippen LogP contribution in [-0.2, 0) is 13.1 Å². The van der Waals surface area contributed by atoms with Gasteiger partial charge in [-0.1, -0.05) is 30.3 Å². The minimum Gasteiger partial charge on any atom is -0.447 e. The largest absolute Gasteiger partial charge is 0.447 e. The van der Waals surface area contributed by atoms with E-state index in [0.717, 1.165) is 45.8 Å². The molecule has 2 aliphatic heterocycles. The average molecular weight is 499 g/mol. The minimum atomic E-state index is -0.343. The summed E-state index contributed by atoms with van der Waals surface area (Å²) in [5.74, 6) is 0.544. The molecule has 0 unspecified atom stereocenters. The second-order valence-electron chi connectivity index (χ2n) is 10.4. The van der Waals surface area contributed by atoms with Crippen molar-refractivity contribution in [1.82, 2.24) is 29.5 Å². The van der Waals surface area contributed by atoms with Crippen molar-refractivity contribution in [2.24, 2.45) is 0 Å². The lowest BCUT2D eigenvalue weighted by molar-refractivity contribution is 0.0469. The molecule has 2 saturated heterocycles. The summed E-state index contributed by atoms with van der Waals surface area (Å²) >= 11 is 0. The summed E-state index contributed by atoms with van der Waals surface area (Å²) in [6.45, 7) is 13.9. The van der Waals surface area contributed by atoms with Gasteiger partial charge in [0.15, 0.2) is 5.69 Å². The highest BCUT2D eigenvalue weighted by Gasteiger charge is 2.26. The predicted molar refractivity (Wildman–Crippen MR) is 140 cm³/mol. The number of aliphatic hydroxyl groups is 1. The number of piperazine rings is 2. The van der Waals surface area contributed by atoms with Crippen molar-refractivity contribution in [3.8, 4) is 0 Å². The Balaban J connectivity index is 1.17. The summed E-state index contributed by atoms with van der Waals surface area (Å²) in [6, 6.07) is 10.9. The first-order valence-corrected chi connectivity index (χ1v) is 13.2. The van der Waals surface area contributed by atoms with Gasteiger partial charge in [0.05, 0.1) is 12.6 Å². The van der Waals surface area contributed by atoms with E-state index in [-0.39, 0.29) is 12.0 Å². The molecule has 2 aromatic rings. The van der Waals surface area contributed by atoms with Crippen molar-refractivity contribution in [2.45, 2.75) is 39.1 Å². The van der Waals surface area contributed by atoms with Crippen molar-refractivity contribution in [2.75, 3.05) is 72.5 Å². The molecule has 4 rings (SSSR count). The molecule has 198 valence electrons. The lowest BCUT2D eigenvalue weighted by Gasteiger charge is -2.35. The van der Waals surface area contributed by atoms with Crippen LogP contribution in [0.15, 0.2) is 41.0 Å². The van der Waals surface area contributed by atoms with Crippen LogP contribution in [0.5, 0.6) is 0 Å². The lowest BCUT2D eigenvalue weighted by Crippen LogP contribution is -2.49. The van der Waals surface area contributed by atoms with Gasteiger partial charge in [-0.25, -0.2) is 4.98 Å². The number of likely N-dealkylation sites (N-methyl/N-ethyl adjacent to an activating group) is 1. The van der Waals surface area contributed by atoms with Crippen molar-refractivity contribution < 1.29 is 14.3 Å². The topological polar surface area (TPSA) is 79.5 Å². The van der Waals surface area contributed by atoms with Crippen LogP contribution in [-0.4, -0.2) is 125 Å². The molecule has 1 atom stereocenters. The number of oxazole rings is 1. The quantitative estimate of drug-likeness (QED) is 0.528. The van der Waals surface area contributed by atoms with Crippen LogP contribution in [0.1, 0.15) is 35.8 Å². The van der Waals surface area contributed by atoms with Gasteiger partial charge in [0.25, 0.3) is 5.91 Å². The second kappa shape index (κ2) is 12.8. The molecule has 1 N–H and O–H groups in total. The monoisotopic (exact) mass is 498 g/mol. The van der Waals surface area contributed by atoms with Crippen molar-refractivity contribution in [1.29, 1.82) is 0 Å². The van der Waals surface area contributed by atoms with Crippen LogP contribution in [0.25, 0.3) is 0 Å². The van der Waals surface area contributed by atoms with Gasteiger partial charge >= 0.3 is 0 Å². The van der Waals surface area contributed by atoms with Crippen LogP contribution < -0.4 is 0 Å². The van der Waals surface area contributed by atoms with E-state index in [4.69, 9.17) is 4.42 Å². The molecule has 9 nitrogen and oxygen atoms in total. The normalized spacial score (nSPS) is 19.3. The molecule has 2 aliphatic rings. The molecule has 1 aromatic carbocycles. The van der Waals surface area contributed by atoms with Gasteiger partial charge in [0, 0.05) is 78.0 Å². The third-order valence-electron chi connectivity index (χ3n) is 7.35. The highest BCUT2D eigenvalue weighted by Crippen LogP contribution is 2.14. The number of carbonyl (C=O) groups is 1. The van der Waals surface area contributed by atoms with E-state index in [9.17, 15) is 9.90 Å². The summed E-state index contributed by atoms with van der Waals surface area (Å²) in [6.07, 6.45) is 1.16. The zero-order valence-corrected chi connectivity index (χ0v) is 22.1. The molecule has 9 heteroatoms. The van der Waals surface area contributed by atoms with Crippen molar-refractivity contribution in [3.63, 3.8) is 0 Å². The zero-order chi connectivity index (χ0) is 25.5. The third kappa shape index (κ3) is 7.60. The van der Waals surface area contributed by atoms with E-state index in [2.05, 4.69) is 62.7 Å². The van der Waals surface area contributed by atoms with Gasteiger partial charge in [-0.15, -0.1) is 0 Å². The fourth-order valence-corrected chi connectivity index (χ4v) is 4.81. The molecule has 0 bridgehead atoms. The summed E-state index contributed by atoms with van der Waals surface area (Å²) in [5, 5.41) is 10.4. The molecular formula is C27H42N6O3. The number of β-amino-alcohol motifs (C(OH)–C–C–N with tert-alkyl or cyclic N) is 1. The Bertz CT molecular complexity index is 936. The van der Waals surface area contributed by atoms with E-state index in [0.29, 0.717) is 50.4 Å². The molecule has 3 heterocycles. The number of nitrogens with zero attached hydrogens (tertiary/aromatic N) is 6. The molecule has 0 spiro atoms. The fraction of sp³-hybridized carbons (Fsp3) is 0.630. The smallest absolute Gasteiger partial charge is 0.275 e. The molecule has 0 radical (unpaired) electrons. The van der Waals surface area contributed by atoms with E-state index in [1.54, 1.807) is 0 Å². The first-order chi connectivity index (χ1) is 17.4. The standard InChI is InChI=1S/C27H42N6O3/c1-22(2)29(3)18-24(34)19-31-9-11-32(12-10-31)20-26-28-25(21-36-26)27(35)33-15-13-30(14-16-33)17-23-7-5-4-6-8-23/h4-8,21-22,24,34H,9-20H2,1-3H3/t24-/m0/s1. The molecule has 0 aliphatic carbocycles. The first kappa shape index (κ1) is 26.8. The second-order valence-corrected chi connectivity index (χ2v) is 10.4. The Morgan fingerprint density at radius 2 is 1.58 bits per heavy atom. The Kier molecular flexibility index (Phi) is 9.50. The summed E-state index contributed by atoms with van der Waals surface area (Å²) in [4.78, 5) is 28.5. The van der Waals surface area contributed by atoms with Gasteiger partial charge in [0.1, 0.15) is 6.26 Å². The molecular weight excluding hydrogens is 456 g/mol. The fourth-order valence-electron chi connectivity index (χ4n) is 4.81. The SMILES string of the molecule is CC(C)N(C)C[C@H](O)CN1CCN(Cc2nc(C(=O)N3CCN(Cc4ccccc4)CC3)co2)CC1. The van der Waals surface area contributed by atoms with Crippen molar-refractivity contribution in [3.05, 3.63) is 53.7 Å². The first-order valence-electron chi connectivity index (χ1n) is 13.2. The van der Waals surface area contributed by atoms with E-state index in [1.807, 2.05) is 18.0 Å². The van der Waals surface area contributed by atoms with E-state index in [1.165, 1.54) is 11.8 Å². The van der Waals surface area contributed by atoms with Crippen molar-refractivity contribution >= 4 is 5.91 Å². The Hall–Kier alpha value is -2.30. The summed E-state index contributed by atoms with van der Waals surface area (Å²) in [5.41, 5.74) is 1.70. The molecule has 1 aromatic heterocycles. The highest BCUT2D eigenvalue weighted by atomic mass is 16.3. The lowest BCUT2D eigenvalue weighted by atomic mass is 10.2. The Morgan fingerprint density at radius 1 is 0.972 bits per heavy atom. The van der Waals surface area contributed by atoms with Crippen LogP contribution in [0.3, 0.4) is 0 Å².